The molecular formula is C74H141NO8P+. The molecule has 0 bridgehead atoms. The largest absolute Gasteiger partial charge is 0.472 e. The number of likely N-dealkylation sites (N-methyl/N-ethyl adjacent to an activating group) is 1. The number of esters is 2. The summed E-state index contributed by atoms with van der Waals surface area (Å²) in [5.74, 6) is -0.786. The van der Waals surface area contributed by atoms with Gasteiger partial charge in [-0.15, -0.1) is 0 Å². The van der Waals surface area contributed by atoms with Crippen LogP contribution in [0.4, 0.5) is 0 Å². The van der Waals surface area contributed by atoms with E-state index in [1.807, 2.05) is 21.1 Å². The van der Waals surface area contributed by atoms with Gasteiger partial charge < -0.3 is 18.9 Å². The van der Waals surface area contributed by atoms with Crippen molar-refractivity contribution >= 4 is 19.8 Å². The molecule has 2 atom stereocenters. The maximum atomic E-state index is 12.9. The minimum absolute atomic E-state index is 0.0315. The van der Waals surface area contributed by atoms with Gasteiger partial charge >= 0.3 is 19.8 Å². The van der Waals surface area contributed by atoms with E-state index < -0.39 is 26.5 Å². The van der Waals surface area contributed by atoms with Gasteiger partial charge in [0.15, 0.2) is 6.10 Å². The molecule has 0 rings (SSSR count). The van der Waals surface area contributed by atoms with E-state index in [4.69, 9.17) is 18.5 Å². The van der Waals surface area contributed by atoms with Crippen molar-refractivity contribution in [2.24, 2.45) is 0 Å². The van der Waals surface area contributed by atoms with Crippen LogP contribution in [0.1, 0.15) is 361 Å². The van der Waals surface area contributed by atoms with E-state index >= 15 is 0 Å². The Hall–Kier alpha value is -2.03. The highest BCUT2D eigenvalue weighted by Gasteiger charge is 2.27. The first-order chi connectivity index (χ1) is 41.0. The number of nitrogens with zero attached hydrogens (tertiary/aromatic N) is 1. The molecule has 0 saturated heterocycles. The average Bonchev–Trinajstić information content (AvgIpc) is 3.61. The summed E-state index contributed by atoms with van der Waals surface area (Å²) in [5, 5.41) is 0. The number of unbranched alkanes of at least 4 members (excludes halogenated alkanes) is 46. The summed E-state index contributed by atoms with van der Waals surface area (Å²) in [6.45, 7) is 4.38. The van der Waals surface area contributed by atoms with E-state index in [0.29, 0.717) is 23.9 Å². The zero-order valence-electron chi connectivity index (χ0n) is 56.4. The highest BCUT2D eigenvalue weighted by Crippen LogP contribution is 2.43. The summed E-state index contributed by atoms with van der Waals surface area (Å²) in [5.41, 5.74) is 0. The Balaban J connectivity index is 3.92. The molecule has 10 heteroatoms. The van der Waals surface area contributed by atoms with Crippen LogP contribution in [0.2, 0.25) is 0 Å². The fourth-order valence-electron chi connectivity index (χ4n) is 10.8. The first kappa shape index (κ1) is 82.0. The standard InChI is InChI=1S/C74H140NO8P/c1-6-8-10-12-14-16-18-20-22-24-26-28-30-31-32-33-34-35-36-37-38-39-40-41-42-43-45-46-48-50-52-54-56-58-60-62-64-66-73(76)80-70-72(71-82-84(78,79)81-69-68-75(3,4)5)83-74(77)67-65-63-61-59-57-55-53-51-49-47-44-29-27-25-23-21-19-17-15-13-11-9-7-2/h9,11,15,17,21,23,27,29,72H,6-8,10,12-14,16,18-20,22,24-26,28,30-71H2,1-5H3/p+1/b11-9-,17-15-,23-21-,29-27-. The van der Waals surface area contributed by atoms with E-state index in [1.165, 1.54) is 257 Å². The van der Waals surface area contributed by atoms with Crippen molar-refractivity contribution in [3.63, 3.8) is 0 Å². The fraction of sp³-hybridized carbons (Fsp3) is 0.865. The third-order valence-electron chi connectivity index (χ3n) is 16.4. The fourth-order valence-corrected chi connectivity index (χ4v) is 11.6. The molecule has 9 nitrogen and oxygen atoms in total. The number of carbonyl (C=O) groups is 2. The van der Waals surface area contributed by atoms with Crippen molar-refractivity contribution in [2.45, 2.75) is 367 Å². The van der Waals surface area contributed by atoms with Crippen LogP contribution >= 0.6 is 7.82 Å². The Bertz CT molecular complexity index is 1560. The molecule has 0 radical (unpaired) electrons. The highest BCUT2D eigenvalue weighted by molar-refractivity contribution is 7.47. The lowest BCUT2D eigenvalue weighted by molar-refractivity contribution is -0.870. The van der Waals surface area contributed by atoms with E-state index in [9.17, 15) is 19.0 Å². The van der Waals surface area contributed by atoms with Gasteiger partial charge in [-0.1, -0.05) is 345 Å². The third kappa shape index (κ3) is 69.1. The van der Waals surface area contributed by atoms with Crippen LogP contribution in [0.25, 0.3) is 0 Å². The van der Waals surface area contributed by atoms with Gasteiger partial charge in [-0.05, 0) is 51.4 Å². The molecule has 0 aromatic heterocycles. The summed E-state index contributed by atoms with van der Waals surface area (Å²) in [4.78, 5) is 35.9. The Morgan fingerprint density at radius 2 is 0.679 bits per heavy atom. The smallest absolute Gasteiger partial charge is 0.462 e. The molecule has 0 heterocycles. The molecule has 1 N–H and O–H groups in total. The van der Waals surface area contributed by atoms with Gasteiger partial charge in [-0.2, -0.15) is 0 Å². The Labute approximate surface area is 522 Å². The number of hydrogen-bond donors (Lipinski definition) is 1. The van der Waals surface area contributed by atoms with E-state index in [1.54, 1.807) is 0 Å². The minimum atomic E-state index is -4.39. The number of hydrogen-bond acceptors (Lipinski definition) is 7. The lowest BCUT2D eigenvalue weighted by Gasteiger charge is -2.24. The summed E-state index contributed by atoms with van der Waals surface area (Å²) in [6, 6.07) is 0. The van der Waals surface area contributed by atoms with Crippen LogP contribution in [-0.2, 0) is 32.7 Å². The predicted octanol–water partition coefficient (Wildman–Crippen LogP) is 23.6. The number of allylic oxidation sites excluding steroid dienone is 8. The predicted molar refractivity (Wildman–Crippen MR) is 363 cm³/mol. The lowest BCUT2D eigenvalue weighted by Crippen LogP contribution is -2.37. The first-order valence-electron chi connectivity index (χ1n) is 36.4. The highest BCUT2D eigenvalue weighted by atomic mass is 31.2. The SMILES string of the molecule is CC/C=C\C/C=C\C/C=C\C/C=C\CCCCCCCCCCCCC(=O)OC(COC(=O)CCCCCCCCCCCCCCCCCCCCCCCCCCCCCCCCCCCCCCC)COP(=O)(O)OCC[N+](C)(C)C. The van der Waals surface area contributed by atoms with Gasteiger partial charge in [-0.3, -0.25) is 18.6 Å². The molecule has 0 aromatic rings. The van der Waals surface area contributed by atoms with Crippen molar-refractivity contribution in [3.05, 3.63) is 48.6 Å². The Kier molecular flexibility index (Phi) is 63.8. The maximum Gasteiger partial charge on any atom is 0.472 e. The number of phosphoric ester groups is 1. The van der Waals surface area contributed by atoms with Crippen molar-refractivity contribution in [3.8, 4) is 0 Å². The molecule has 0 saturated carbocycles. The van der Waals surface area contributed by atoms with Crippen LogP contribution in [0.15, 0.2) is 48.6 Å². The summed E-state index contributed by atoms with van der Waals surface area (Å²) >= 11 is 0. The van der Waals surface area contributed by atoms with E-state index in [0.717, 1.165) is 70.6 Å². The normalized spacial score (nSPS) is 13.4. The van der Waals surface area contributed by atoms with Gasteiger partial charge in [0.1, 0.15) is 19.8 Å². The number of rotatable bonds is 68. The van der Waals surface area contributed by atoms with Crippen LogP contribution in [0, 0.1) is 0 Å². The summed E-state index contributed by atoms with van der Waals surface area (Å²) in [7, 11) is 1.49. The molecule has 0 aliphatic rings. The van der Waals surface area contributed by atoms with E-state index in [-0.39, 0.29) is 25.6 Å². The van der Waals surface area contributed by atoms with Crippen LogP contribution in [0.3, 0.4) is 0 Å². The molecule has 0 fully saturated rings. The van der Waals surface area contributed by atoms with Gasteiger partial charge in [-0.25, -0.2) is 4.57 Å². The van der Waals surface area contributed by atoms with Crippen LogP contribution in [-0.4, -0.2) is 74.9 Å². The second-order valence-corrected chi connectivity index (χ2v) is 27.4. The van der Waals surface area contributed by atoms with Gasteiger partial charge in [0, 0.05) is 12.8 Å². The number of phosphoric acid groups is 1. The van der Waals surface area contributed by atoms with Crippen molar-refractivity contribution < 1.29 is 42.1 Å². The maximum absolute atomic E-state index is 12.9. The third-order valence-corrected chi connectivity index (χ3v) is 17.4. The van der Waals surface area contributed by atoms with E-state index in [2.05, 4.69) is 62.5 Å². The molecule has 0 aromatic carbocycles. The first-order valence-corrected chi connectivity index (χ1v) is 37.9. The molecule has 0 aliphatic carbocycles. The van der Waals surface area contributed by atoms with Gasteiger partial charge in [0.25, 0.3) is 0 Å². The average molecular weight is 1200 g/mol. The number of quaternary nitrogens is 1. The lowest BCUT2D eigenvalue weighted by atomic mass is 10.0. The van der Waals surface area contributed by atoms with Crippen molar-refractivity contribution in [1.82, 2.24) is 0 Å². The zero-order valence-corrected chi connectivity index (χ0v) is 57.3. The molecule has 0 amide bonds. The molecular weight excluding hydrogens is 1060 g/mol. The number of carbonyl (C=O) groups excluding carboxylic acids is 2. The second kappa shape index (κ2) is 65.4. The Morgan fingerprint density at radius 1 is 0.381 bits per heavy atom. The van der Waals surface area contributed by atoms with Crippen molar-refractivity contribution in [2.75, 3.05) is 47.5 Å². The number of ether oxygens (including phenoxy) is 2. The quantitative estimate of drug-likeness (QED) is 0.0211. The molecule has 0 spiro atoms. The monoisotopic (exact) mass is 1200 g/mol. The van der Waals surface area contributed by atoms with Gasteiger partial charge in [0.2, 0.25) is 0 Å². The molecule has 494 valence electrons. The minimum Gasteiger partial charge on any atom is -0.462 e. The molecule has 0 aliphatic heterocycles. The van der Waals surface area contributed by atoms with Crippen LogP contribution < -0.4 is 0 Å². The Morgan fingerprint density at radius 3 is 1.01 bits per heavy atom. The van der Waals surface area contributed by atoms with Crippen LogP contribution in [0.5, 0.6) is 0 Å². The topological polar surface area (TPSA) is 108 Å². The zero-order chi connectivity index (χ0) is 61.2. The molecule has 2 unspecified atom stereocenters. The second-order valence-electron chi connectivity index (χ2n) is 26.0. The van der Waals surface area contributed by atoms with Gasteiger partial charge in [0.05, 0.1) is 27.7 Å². The summed E-state index contributed by atoms with van der Waals surface area (Å²) in [6.07, 6.45) is 85.3. The molecule has 84 heavy (non-hydrogen) atoms. The summed E-state index contributed by atoms with van der Waals surface area (Å²) < 4.78 is 34.7. The van der Waals surface area contributed by atoms with Crippen molar-refractivity contribution in [1.29, 1.82) is 0 Å².